The summed E-state index contributed by atoms with van der Waals surface area (Å²) in [4.78, 5) is 1.44. The molecule has 0 bridgehead atoms. The minimum Gasteiger partial charge on any atom is -0.308 e. The maximum atomic E-state index is 3.53. The Morgan fingerprint density at radius 3 is 2.26 bits per heavy atom. The Kier molecular flexibility index (Phi) is 5.35. The first-order valence-electron chi connectivity index (χ1n) is 7.53. The van der Waals surface area contributed by atoms with E-state index in [1.54, 1.807) is 0 Å². The van der Waals surface area contributed by atoms with Crippen molar-refractivity contribution in [2.45, 2.75) is 75.1 Å². The van der Waals surface area contributed by atoms with E-state index in [1.165, 1.54) is 42.6 Å². The number of rotatable bonds is 4. The smallest absolute Gasteiger partial charge is 0.0210 e. The van der Waals surface area contributed by atoms with Crippen LogP contribution in [0.1, 0.15) is 58.4 Å². The summed E-state index contributed by atoms with van der Waals surface area (Å²) < 4.78 is 0. The topological polar surface area (TPSA) is 12.0 Å². The first-order chi connectivity index (χ1) is 9.03. The highest BCUT2D eigenvalue weighted by atomic mass is 32.2. The number of benzene rings is 1. The van der Waals surface area contributed by atoms with Crippen LogP contribution >= 0.6 is 11.8 Å². The average molecular weight is 277 g/mol. The Morgan fingerprint density at radius 1 is 1.05 bits per heavy atom. The minimum absolute atomic E-state index is 0.190. The van der Waals surface area contributed by atoms with E-state index in [2.05, 4.69) is 62.1 Å². The van der Waals surface area contributed by atoms with Crippen molar-refractivity contribution >= 4 is 11.8 Å². The van der Waals surface area contributed by atoms with Gasteiger partial charge >= 0.3 is 0 Å². The maximum Gasteiger partial charge on any atom is 0.0210 e. The van der Waals surface area contributed by atoms with Gasteiger partial charge in [0.2, 0.25) is 0 Å². The van der Waals surface area contributed by atoms with Gasteiger partial charge in [-0.25, -0.2) is 0 Å². The standard InChI is InChI=1S/C17H27NS/c1-17(2,3)18-13-14-9-11-16(12-10-14)19-15-7-5-4-6-8-15/h9-12,15,18H,4-8,13H2,1-3H3. The van der Waals surface area contributed by atoms with Crippen LogP contribution in [0.4, 0.5) is 0 Å². The molecule has 1 aromatic rings. The third-order valence-corrected chi connectivity index (χ3v) is 4.95. The molecule has 2 heteroatoms. The minimum atomic E-state index is 0.190. The maximum absolute atomic E-state index is 3.53. The van der Waals surface area contributed by atoms with Crippen LogP contribution in [-0.4, -0.2) is 10.8 Å². The van der Waals surface area contributed by atoms with Gasteiger partial charge < -0.3 is 5.32 Å². The zero-order chi connectivity index (χ0) is 13.7. The molecule has 0 aliphatic heterocycles. The van der Waals surface area contributed by atoms with Gasteiger partial charge in [0.1, 0.15) is 0 Å². The molecular weight excluding hydrogens is 250 g/mol. The van der Waals surface area contributed by atoms with Crippen LogP contribution in [0.15, 0.2) is 29.2 Å². The SMILES string of the molecule is CC(C)(C)NCc1ccc(SC2CCCCC2)cc1. The van der Waals surface area contributed by atoms with Gasteiger partial charge in [-0.15, -0.1) is 11.8 Å². The lowest BCUT2D eigenvalue weighted by Crippen LogP contribution is -2.35. The molecule has 1 N–H and O–H groups in total. The second kappa shape index (κ2) is 6.81. The lowest BCUT2D eigenvalue weighted by molar-refractivity contribution is 0.424. The molecule has 1 aliphatic rings. The first kappa shape index (κ1) is 14.9. The number of hydrogen-bond donors (Lipinski definition) is 1. The van der Waals surface area contributed by atoms with Crippen LogP contribution in [0.25, 0.3) is 0 Å². The second-order valence-electron chi connectivity index (χ2n) is 6.63. The molecule has 1 nitrogen and oxygen atoms in total. The first-order valence-corrected chi connectivity index (χ1v) is 8.41. The molecule has 0 radical (unpaired) electrons. The van der Waals surface area contributed by atoms with Gasteiger partial charge in [0.05, 0.1) is 0 Å². The van der Waals surface area contributed by atoms with E-state index in [4.69, 9.17) is 0 Å². The van der Waals surface area contributed by atoms with Gasteiger partial charge in [-0.3, -0.25) is 0 Å². The van der Waals surface area contributed by atoms with Crippen LogP contribution in [0.5, 0.6) is 0 Å². The van der Waals surface area contributed by atoms with Gasteiger partial charge in [0.15, 0.2) is 0 Å². The molecule has 0 unspecified atom stereocenters. The van der Waals surface area contributed by atoms with Crippen molar-refractivity contribution in [3.63, 3.8) is 0 Å². The van der Waals surface area contributed by atoms with Crippen molar-refractivity contribution in [3.05, 3.63) is 29.8 Å². The third kappa shape index (κ3) is 5.58. The highest BCUT2D eigenvalue weighted by Crippen LogP contribution is 2.33. The Morgan fingerprint density at radius 2 is 1.68 bits per heavy atom. The fourth-order valence-corrected chi connectivity index (χ4v) is 3.68. The van der Waals surface area contributed by atoms with E-state index < -0.39 is 0 Å². The normalized spacial score (nSPS) is 17.6. The largest absolute Gasteiger partial charge is 0.308 e. The fourth-order valence-electron chi connectivity index (χ4n) is 2.43. The highest BCUT2D eigenvalue weighted by Gasteiger charge is 2.14. The van der Waals surface area contributed by atoms with Crippen molar-refractivity contribution in [2.24, 2.45) is 0 Å². The van der Waals surface area contributed by atoms with Gasteiger partial charge in [-0.1, -0.05) is 31.4 Å². The summed E-state index contributed by atoms with van der Waals surface area (Å²) in [6, 6.07) is 9.12. The van der Waals surface area contributed by atoms with E-state index >= 15 is 0 Å². The fraction of sp³-hybridized carbons (Fsp3) is 0.647. The summed E-state index contributed by atoms with van der Waals surface area (Å²) in [5, 5.41) is 4.39. The van der Waals surface area contributed by atoms with Gasteiger partial charge in [-0.2, -0.15) is 0 Å². The summed E-state index contributed by atoms with van der Waals surface area (Å²) in [6.45, 7) is 7.58. The quantitative estimate of drug-likeness (QED) is 0.831. The lowest BCUT2D eigenvalue weighted by Gasteiger charge is -2.22. The molecule has 1 aliphatic carbocycles. The molecule has 0 spiro atoms. The van der Waals surface area contributed by atoms with E-state index in [0.29, 0.717) is 0 Å². The predicted molar refractivity (Wildman–Crippen MR) is 85.8 cm³/mol. The molecule has 0 atom stereocenters. The summed E-state index contributed by atoms with van der Waals surface area (Å²) in [7, 11) is 0. The molecule has 1 aromatic carbocycles. The van der Waals surface area contributed by atoms with Crippen molar-refractivity contribution in [1.82, 2.24) is 5.32 Å². The van der Waals surface area contributed by atoms with E-state index in [9.17, 15) is 0 Å². The Balaban J connectivity index is 1.83. The Bertz CT molecular complexity index is 371. The van der Waals surface area contributed by atoms with Crippen LogP contribution in [0.2, 0.25) is 0 Å². The van der Waals surface area contributed by atoms with E-state index in [1.807, 2.05) is 0 Å². The van der Waals surface area contributed by atoms with Crippen LogP contribution in [0, 0.1) is 0 Å². The Labute approximate surface area is 122 Å². The number of hydrogen-bond acceptors (Lipinski definition) is 2. The summed E-state index contributed by atoms with van der Waals surface area (Å²) >= 11 is 2.08. The zero-order valence-corrected chi connectivity index (χ0v) is 13.4. The molecule has 1 saturated carbocycles. The van der Waals surface area contributed by atoms with E-state index in [0.717, 1.165) is 11.8 Å². The summed E-state index contributed by atoms with van der Waals surface area (Å²) in [5.41, 5.74) is 1.57. The van der Waals surface area contributed by atoms with Crippen LogP contribution in [0.3, 0.4) is 0 Å². The van der Waals surface area contributed by atoms with Crippen molar-refractivity contribution in [3.8, 4) is 0 Å². The van der Waals surface area contributed by atoms with Gasteiger partial charge in [0.25, 0.3) is 0 Å². The molecule has 106 valence electrons. The molecule has 0 saturated heterocycles. The highest BCUT2D eigenvalue weighted by molar-refractivity contribution is 8.00. The third-order valence-electron chi connectivity index (χ3n) is 3.60. The molecule has 19 heavy (non-hydrogen) atoms. The van der Waals surface area contributed by atoms with Crippen LogP contribution in [-0.2, 0) is 6.54 Å². The average Bonchev–Trinajstić information content (AvgIpc) is 2.38. The molecule has 0 amide bonds. The zero-order valence-electron chi connectivity index (χ0n) is 12.5. The summed E-state index contributed by atoms with van der Waals surface area (Å²) in [6.07, 6.45) is 7.08. The molecule has 1 fully saturated rings. The molecule has 2 rings (SSSR count). The van der Waals surface area contributed by atoms with Gasteiger partial charge in [-0.05, 0) is 51.3 Å². The monoisotopic (exact) mass is 277 g/mol. The molecular formula is C17H27NS. The van der Waals surface area contributed by atoms with Crippen molar-refractivity contribution < 1.29 is 0 Å². The number of nitrogens with one attached hydrogen (secondary N) is 1. The molecule has 0 aromatic heterocycles. The Hall–Kier alpha value is -0.470. The second-order valence-corrected chi connectivity index (χ2v) is 8.00. The predicted octanol–water partition coefficient (Wildman–Crippen LogP) is 5.00. The van der Waals surface area contributed by atoms with Crippen molar-refractivity contribution in [2.75, 3.05) is 0 Å². The van der Waals surface area contributed by atoms with E-state index in [-0.39, 0.29) is 5.54 Å². The summed E-state index contributed by atoms with van der Waals surface area (Å²) in [5.74, 6) is 0. The van der Waals surface area contributed by atoms with Gasteiger partial charge in [0, 0.05) is 22.2 Å². The lowest BCUT2D eigenvalue weighted by atomic mass is 10.0. The van der Waals surface area contributed by atoms with Crippen molar-refractivity contribution in [1.29, 1.82) is 0 Å². The molecule has 0 heterocycles. The number of thioether (sulfide) groups is 1. The van der Waals surface area contributed by atoms with Crippen LogP contribution < -0.4 is 5.32 Å².